The minimum absolute atomic E-state index is 0.0547. The number of halogens is 2. The van der Waals surface area contributed by atoms with Gasteiger partial charge in [-0.05, 0) is 42.6 Å². The van der Waals surface area contributed by atoms with E-state index in [9.17, 15) is 13.6 Å². The van der Waals surface area contributed by atoms with Crippen LogP contribution in [0.3, 0.4) is 0 Å². The minimum atomic E-state index is -0.536. The molecule has 1 atom stereocenters. The van der Waals surface area contributed by atoms with E-state index in [1.54, 1.807) is 0 Å². The molecule has 17 heavy (non-hydrogen) atoms. The summed E-state index contributed by atoms with van der Waals surface area (Å²) in [5.74, 6) is -0.873. The first-order chi connectivity index (χ1) is 8.02. The van der Waals surface area contributed by atoms with Crippen molar-refractivity contribution >= 4 is 5.78 Å². The molecule has 0 heterocycles. The van der Waals surface area contributed by atoms with Crippen LogP contribution in [0.15, 0.2) is 18.2 Å². The van der Waals surface area contributed by atoms with Crippen molar-refractivity contribution in [1.82, 2.24) is 0 Å². The Balaban J connectivity index is 2.53. The van der Waals surface area contributed by atoms with Crippen LogP contribution in [-0.4, -0.2) is 12.3 Å². The Bertz CT molecular complexity index is 393. The molecule has 1 rings (SSSR count). The highest BCUT2D eigenvalue weighted by Crippen LogP contribution is 2.13. The second kappa shape index (κ2) is 6.45. The van der Waals surface area contributed by atoms with Gasteiger partial charge in [0.1, 0.15) is 17.4 Å². The first-order valence-electron chi connectivity index (χ1n) is 5.68. The summed E-state index contributed by atoms with van der Waals surface area (Å²) in [5, 5.41) is 0. The maximum atomic E-state index is 13.3. The van der Waals surface area contributed by atoms with Gasteiger partial charge in [0, 0.05) is 12.8 Å². The van der Waals surface area contributed by atoms with E-state index in [0.29, 0.717) is 19.4 Å². The summed E-state index contributed by atoms with van der Waals surface area (Å²) in [6, 6.07) is 3.15. The summed E-state index contributed by atoms with van der Waals surface area (Å²) in [6.45, 7) is 2.48. The SMILES string of the molecule is CC(CN)CCC(=O)Cc1cc(F)ccc1F. The number of carbonyl (C=O) groups is 1. The molecule has 0 aliphatic rings. The van der Waals surface area contributed by atoms with Gasteiger partial charge in [-0.3, -0.25) is 4.79 Å². The van der Waals surface area contributed by atoms with Gasteiger partial charge < -0.3 is 5.73 Å². The number of ketones is 1. The first-order valence-corrected chi connectivity index (χ1v) is 5.68. The third-order valence-electron chi connectivity index (χ3n) is 2.71. The van der Waals surface area contributed by atoms with Gasteiger partial charge in [0.05, 0.1) is 0 Å². The number of carbonyl (C=O) groups excluding carboxylic acids is 1. The van der Waals surface area contributed by atoms with E-state index in [4.69, 9.17) is 5.73 Å². The van der Waals surface area contributed by atoms with Gasteiger partial charge in [0.15, 0.2) is 0 Å². The molecule has 0 bridgehead atoms. The number of hydrogen-bond donors (Lipinski definition) is 1. The largest absolute Gasteiger partial charge is 0.330 e. The van der Waals surface area contributed by atoms with Crippen molar-refractivity contribution in [3.8, 4) is 0 Å². The Morgan fingerprint density at radius 3 is 2.76 bits per heavy atom. The van der Waals surface area contributed by atoms with E-state index in [2.05, 4.69) is 0 Å². The van der Waals surface area contributed by atoms with E-state index in [0.717, 1.165) is 18.2 Å². The standard InChI is InChI=1S/C13H17F2NO/c1-9(8-16)2-4-12(17)7-10-6-11(14)3-5-13(10)15/h3,5-6,9H,2,4,7-8,16H2,1H3. The molecule has 0 aliphatic carbocycles. The van der Waals surface area contributed by atoms with Gasteiger partial charge in [0.25, 0.3) is 0 Å². The Morgan fingerprint density at radius 2 is 2.12 bits per heavy atom. The topological polar surface area (TPSA) is 43.1 Å². The average molecular weight is 241 g/mol. The number of nitrogens with two attached hydrogens (primary N) is 1. The van der Waals surface area contributed by atoms with E-state index in [-0.39, 0.29) is 23.7 Å². The van der Waals surface area contributed by atoms with Gasteiger partial charge in [-0.25, -0.2) is 8.78 Å². The molecule has 2 nitrogen and oxygen atoms in total. The lowest BCUT2D eigenvalue weighted by molar-refractivity contribution is -0.118. The van der Waals surface area contributed by atoms with Gasteiger partial charge in [-0.1, -0.05) is 6.92 Å². The van der Waals surface area contributed by atoms with Crippen molar-refractivity contribution in [3.63, 3.8) is 0 Å². The van der Waals surface area contributed by atoms with Crippen LogP contribution < -0.4 is 5.73 Å². The molecule has 1 unspecified atom stereocenters. The highest BCUT2D eigenvalue weighted by Gasteiger charge is 2.10. The van der Waals surface area contributed by atoms with Crippen molar-refractivity contribution in [3.05, 3.63) is 35.4 Å². The fourth-order valence-corrected chi connectivity index (χ4v) is 1.50. The summed E-state index contributed by atoms with van der Waals surface area (Å²) < 4.78 is 26.1. The van der Waals surface area contributed by atoms with Crippen molar-refractivity contribution in [2.75, 3.05) is 6.54 Å². The summed E-state index contributed by atoms with van der Waals surface area (Å²) in [4.78, 5) is 11.6. The smallest absolute Gasteiger partial charge is 0.137 e. The van der Waals surface area contributed by atoms with Crippen LogP contribution in [-0.2, 0) is 11.2 Å². The highest BCUT2D eigenvalue weighted by molar-refractivity contribution is 5.80. The van der Waals surface area contributed by atoms with Crippen molar-refractivity contribution in [2.24, 2.45) is 11.7 Å². The Hall–Kier alpha value is -1.29. The minimum Gasteiger partial charge on any atom is -0.330 e. The van der Waals surface area contributed by atoms with E-state index < -0.39 is 11.6 Å². The van der Waals surface area contributed by atoms with Gasteiger partial charge in [0.2, 0.25) is 0 Å². The third kappa shape index (κ3) is 4.61. The third-order valence-corrected chi connectivity index (χ3v) is 2.71. The number of hydrogen-bond acceptors (Lipinski definition) is 2. The Kier molecular flexibility index (Phi) is 5.22. The molecule has 0 saturated carbocycles. The second-order valence-electron chi connectivity index (χ2n) is 4.33. The lowest BCUT2D eigenvalue weighted by atomic mass is 10.00. The summed E-state index contributed by atoms with van der Waals surface area (Å²) in [7, 11) is 0. The van der Waals surface area contributed by atoms with Gasteiger partial charge in [-0.15, -0.1) is 0 Å². The predicted molar refractivity (Wildman–Crippen MR) is 62.5 cm³/mol. The zero-order chi connectivity index (χ0) is 12.8. The molecule has 0 amide bonds. The lowest BCUT2D eigenvalue weighted by Crippen LogP contribution is -2.13. The molecule has 0 spiro atoms. The quantitative estimate of drug-likeness (QED) is 0.831. The number of Topliss-reactive ketones (excluding diaryl/α,β-unsaturated/α-hetero) is 1. The fourth-order valence-electron chi connectivity index (χ4n) is 1.50. The van der Waals surface area contributed by atoms with E-state index in [1.807, 2.05) is 6.92 Å². The Labute approximate surface area is 99.8 Å². The molecule has 0 radical (unpaired) electrons. The van der Waals surface area contributed by atoms with Crippen molar-refractivity contribution < 1.29 is 13.6 Å². The van der Waals surface area contributed by atoms with Crippen LogP contribution >= 0.6 is 0 Å². The average Bonchev–Trinajstić information content (AvgIpc) is 2.30. The zero-order valence-electron chi connectivity index (χ0n) is 9.88. The van der Waals surface area contributed by atoms with Crippen LogP contribution in [0.5, 0.6) is 0 Å². The lowest BCUT2D eigenvalue weighted by Gasteiger charge is -2.07. The highest BCUT2D eigenvalue weighted by atomic mass is 19.1. The molecular formula is C13H17F2NO. The van der Waals surface area contributed by atoms with E-state index >= 15 is 0 Å². The number of rotatable bonds is 6. The molecule has 2 N–H and O–H groups in total. The van der Waals surface area contributed by atoms with E-state index in [1.165, 1.54) is 0 Å². The van der Waals surface area contributed by atoms with Crippen molar-refractivity contribution in [1.29, 1.82) is 0 Å². The maximum absolute atomic E-state index is 13.3. The normalized spacial score (nSPS) is 12.5. The molecule has 1 aromatic carbocycles. The van der Waals surface area contributed by atoms with Gasteiger partial charge >= 0.3 is 0 Å². The molecule has 0 saturated heterocycles. The van der Waals surface area contributed by atoms with Crippen LogP contribution in [0, 0.1) is 17.6 Å². The monoisotopic (exact) mass is 241 g/mol. The zero-order valence-corrected chi connectivity index (χ0v) is 9.88. The molecule has 1 aromatic rings. The first kappa shape index (κ1) is 13.8. The molecule has 94 valence electrons. The molecule has 0 aliphatic heterocycles. The summed E-state index contributed by atoms with van der Waals surface area (Å²) >= 11 is 0. The van der Waals surface area contributed by atoms with Crippen LogP contribution in [0.25, 0.3) is 0 Å². The van der Waals surface area contributed by atoms with Gasteiger partial charge in [-0.2, -0.15) is 0 Å². The predicted octanol–water partition coefficient (Wildman–Crippen LogP) is 2.45. The Morgan fingerprint density at radius 1 is 1.41 bits per heavy atom. The molecule has 0 aromatic heterocycles. The van der Waals surface area contributed by atoms with Crippen molar-refractivity contribution in [2.45, 2.75) is 26.2 Å². The summed E-state index contributed by atoms with van der Waals surface area (Å²) in [5.41, 5.74) is 5.55. The maximum Gasteiger partial charge on any atom is 0.137 e. The number of benzene rings is 1. The van der Waals surface area contributed by atoms with Crippen LogP contribution in [0.4, 0.5) is 8.78 Å². The molecule has 4 heteroatoms. The molecule has 0 fully saturated rings. The second-order valence-corrected chi connectivity index (χ2v) is 4.33. The summed E-state index contributed by atoms with van der Waals surface area (Å²) in [6.07, 6.45) is 0.988. The molecular weight excluding hydrogens is 224 g/mol. The van der Waals surface area contributed by atoms with Crippen LogP contribution in [0.2, 0.25) is 0 Å². The fraction of sp³-hybridized carbons (Fsp3) is 0.462. The van der Waals surface area contributed by atoms with Crippen LogP contribution in [0.1, 0.15) is 25.3 Å².